The zero-order valence-electron chi connectivity index (χ0n) is 11.1. The molecule has 0 bridgehead atoms. The Labute approximate surface area is 134 Å². The van der Waals surface area contributed by atoms with Gasteiger partial charge in [0, 0.05) is 12.4 Å². The molecule has 2 aromatic rings. The molecule has 0 aliphatic carbocycles. The first-order valence-corrected chi connectivity index (χ1v) is 7.45. The van der Waals surface area contributed by atoms with E-state index in [2.05, 4.69) is 9.97 Å². The number of carboxylic acid groups (broad SMARTS) is 1. The highest BCUT2D eigenvalue weighted by Crippen LogP contribution is 2.32. The number of aliphatic carboxylic acids is 1. The zero-order chi connectivity index (χ0) is 15.7. The molecule has 0 unspecified atom stereocenters. The topological polar surface area (TPSA) is 83.4 Å². The lowest BCUT2D eigenvalue weighted by Crippen LogP contribution is -2.33. The highest BCUT2D eigenvalue weighted by atomic mass is 32.2. The van der Waals surface area contributed by atoms with Crippen LogP contribution in [0.1, 0.15) is 5.56 Å². The van der Waals surface area contributed by atoms with E-state index in [1.165, 1.54) is 0 Å². The summed E-state index contributed by atoms with van der Waals surface area (Å²) in [4.78, 5) is 32.8. The number of hydrogen-bond donors (Lipinski definition) is 1. The van der Waals surface area contributed by atoms with Gasteiger partial charge in [0.15, 0.2) is 0 Å². The number of carbonyl (C=O) groups is 2. The lowest BCUT2D eigenvalue weighted by Gasteiger charge is -2.10. The number of aromatic nitrogens is 2. The number of nitrogens with zero attached hydrogens (tertiary/aromatic N) is 3. The van der Waals surface area contributed by atoms with Crippen LogP contribution in [0, 0.1) is 0 Å². The van der Waals surface area contributed by atoms with Crippen LogP contribution >= 0.6 is 24.0 Å². The van der Waals surface area contributed by atoms with Gasteiger partial charge in [0.2, 0.25) is 0 Å². The minimum absolute atomic E-state index is 0.249. The summed E-state index contributed by atoms with van der Waals surface area (Å²) in [7, 11) is 0. The summed E-state index contributed by atoms with van der Waals surface area (Å²) in [5.41, 5.74) is 2.26. The Morgan fingerprint density at radius 3 is 2.77 bits per heavy atom. The highest BCUT2D eigenvalue weighted by molar-refractivity contribution is 8.26. The Morgan fingerprint density at radius 2 is 2.05 bits per heavy atom. The van der Waals surface area contributed by atoms with Crippen molar-refractivity contribution in [2.75, 3.05) is 6.54 Å². The first-order chi connectivity index (χ1) is 10.5. The number of carbonyl (C=O) groups excluding carboxylic acids is 1. The standard InChI is InChI=1S/C14H9N3O3S2/c18-12(19)7-17-13(20)11(22-14(17)21)6-8-1-2-9-10(5-8)16-4-3-15-9/h1-6H,7H2,(H,18,19). The van der Waals surface area contributed by atoms with Gasteiger partial charge in [0.25, 0.3) is 5.91 Å². The van der Waals surface area contributed by atoms with Crippen molar-refractivity contribution in [1.29, 1.82) is 0 Å². The van der Waals surface area contributed by atoms with Crippen molar-refractivity contribution in [1.82, 2.24) is 14.9 Å². The Hall–Kier alpha value is -2.32. The monoisotopic (exact) mass is 331 g/mol. The molecule has 1 fully saturated rings. The minimum Gasteiger partial charge on any atom is -0.480 e. The van der Waals surface area contributed by atoms with Gasteiger partial charge in [-0.05, 0) is 23.8 Å². The van der Waals surface area contributed by atoms with Gasteiger partial charge in [-0.1, -0.05) is 30.0 Å². The van der Waals surface area contributed by atoms with Crippen molar-refractivity contribution in [2.24, 2.45) is 0 Å². The van der Waals surface area contributed by atoms with Gasteiger partial charge in [0.05, 0.1) is 15.9 Å². The van der Waals surface area contributed by atoms with Gasteiger partial charge in [0.1, 0.15) is 10.9 Å². The Bertz CT molecular complexity index is 835. The molecule has 3 rings (SSSR count). The normalized spacial score (nSPS) is 16.7. The van der Waals surface area contributed by atoms with Gasteiger partial charge in [-0.2, -0.15) is 0 Å². The number of amides is 1. The van der Waals surface area contributed by atoms with Crippen LogP contribution in [0.4, 0.5) is 0 Å². The van der Waals surface area contributed by atoms with E-state index in [1.54, 1.807) is 18.5 Å². The first kappa shape index (κ1) is 14.6. The second-order valence-corrected chi connectivity index (χ2v) is 6.14. The van der Waals surface area contributed by atoms with Crippen LogP contribution in [0.25, 0.3) is 17.1 Å². The first-order valence-electron chi connectivity index (χ1n) is 6.22. The summed E-state index contributed by atoms with van der Waals surface area (Å²) in [6.07, 6.45) is 4.88. The maximum atomic E-state index is 12.2. The smallest absolute Gasteiger partial charge is 0.323 e. The number of thioether (sulfide) groups is 1. The molecular weight excluding hydrogens is 322 g/mol. The number of thiocarbonyl (C=S) groups is 1. The van der Waals surface area contributed by atoms with Gasteiger partial charge >= 0.3 is 5.97 Å². The maximum Gasteiger partial charge on any atom is 0.323 e. The Balaban J connectivity index is 1.92. The minimum atomic E-state index is -1.10. The van der Waals surface area contributed by atoms with Crippen molar-refractivity contribution < 1.29 is 14.7 Å². The SMILES string of the molecule is O=C(O)CN1C(=O)C(=Cc2ccc3nccnc3c2)SC1=S. The number of fused-ring (bicyclic) bond motifs is 1. The third-order valence-corrected chi connectivity index (χ3v) is 4.34. The van der Waals surface area contributed by atoms with E-state index in [1.807, 2.05) is 18.2 Å². The molecule has 0 radical (unpaired) electrons. The predicted molar refractivity (Wildman–Crippen MR) is 87.1 cm³/mol. The Morgan fingerprint density at radius 1 is 1.32 bits per heavy atom. The summed E-state index contributed by atoms with van der Waals surface area (Å²) < 4.78 is 0.249. The van der Waals surface area contributed by atoms with Crippen molar-refractivity contribution in [2.45, 2.75) is 0 Å². The molecule has 2 heterocycles. The molecule has 1 saturated heterocycles. The lowest BCUT2D eigenvalue weighted by atomic mass is 10.2. The fraction of sp³-hybridized carbons (Fsp3) is 0.0714. The van der Waals surface area contributed by atoms with Gasteiger partial charge < -0.3 is 5.11 Å². The molecule has 0 spiro atoms. The molecule has 1 amide bonds. The number of rotatable bonds is 3. The van der Waals surface area contributed by atoms with E-state index in [0.717, 1.165) is 33.3 Å². The van der Waals surface area contributed by atoms with Crippen molar-refractivity contribution in [3.8, 4) is 0 Å². The predicted octanol–water partition coefficient (Wildman–Crippen LogP) is 1.92. The largest absolute Gasteiger partial charge is 0.480 e. The van der Waals surface area contributed by atoms with Crippen LogP contribution in [0.3, 0.4) is 0 Å². The van der Waals surface area contributed by atoms with E-state index in [-0.39, 0.29) is 4.32 Å². The summed E-state index contributed by atoms with van der Waals surface area (Å²) in [5, 5.41) is 8.81. The molecule has 1 aromatic heterocycles. The number of benzene rings is 1. The molecule has 1 aliphatic rings. The van der Waals surface area contributed by atoms with Gasteiger partial charge in [-0.3, -0.25) is 24.5 Å². The van der Waals surface area contributed by atoms with E-state index >= 15 is 0 Å². The molecular formula is C14H9N3O3S2. The van der Waals surface area contributed by atoms with Crippen LogP contribution in [-0.2, 0) is 9.59 Å². The van der Waals surface area contributed by atoms with Crippen molar-refractivity contribution >= 4 is 57.3 Å². The fourth-order valence-electron chi connectivity index (χ4n) is 1.99. The summed E-state index contributed by atoms with van der Waals surface area (Å²) in [6, 6.07) is 5.44. The third-order valence-electron chi connectivity index (χ3n) is 2.96. The maximum absolute atomic E-state index is 12.2. The average molecular weight is 331 g/mol. The second-order valence-electron chi connectivity index (χ2n) is 4.47. The van der Waals surface area contributed by atoms with Gasteiger partial charge in [-0.15, -0.1) is 0 Å². The van der Waals surface area contributed by atoms with Gasteiger partial charge in [-0.25, -0.2) is 0 Å². The van der Waals surface area contributed by atoms with E-state index in [9.17, 15) is 9.59 Å². The van der Waals surface area contributed by atoms with Crippen LogP contribution in [-0.4, -0.2) is 42.7 Å². The van der Waals surface area contributed by atoms with Crippen LogP contribution in [0.5, 0.6) is 0 Å². The summed E-state index contributed by atoms with van der Waals surface area (Å²) in [6.45, 7) is -0.425. The van der Waals surface area contributed by atoms with Crippen molar-refractivity contribution in [3.05, 3.63) is 41.1 Å². The lowest BCUT2D eigenvalue weighted by molar-refractivity contribution is -0.140. The Kier molecular flexibility index (Phi) is 3.86. The molecule has 1 aromatic carbocycles. The summed E-state index contributed by atoms with van der Waals surface area (Å²) in [5.74, 6) is -1.49. The number of hydrogen-bond acceptors (Lipinski definition) is 6. The molecule has 110 valence electrons. The van der Waals surface area contributed by atoms with Crippen molar-refractivity contribution in [3.63, 3.8) is 0 Å². The molecule has 0 saturated carbocycles. The second kappa shape index (κ2) is 5.82. The van der Waals surface area contributed by atoms with E-state index in [0.29, 0.717) is 4.91 Å². The molecule has 8 heteroatoms. The average Bonchev–Trinajstić information content (AvgIpc) is 2.74. The molecule has 1 N–H and O–H groups in total. The van der Waals surface area contributed by atoms with E-state index in [4.69, 9.17) is 17.3 Å². The van der Waals surface area contributed by atoms with Crippen LogP contribution in [0.15, 0.2) is 35.5 Å². The molecule has 0 atom stereocenters. The third kappa shape index (κ3) is 2.83. The molecule has 22 heavy (non-hydrogen) atoms. The zero-order valence-corrected chi connectivity index (χ0v) is 12.7. The molecule has 1 aliphatic heterocycles. The highest BCUT2D eigenvalue weighted by Gasteiger charge is 2.33. The van der Waals surface area contributed by atoms with E-state index < -0.39 is 18.4 Å². The fourth-order valence-corrected chi connectivity index (χ4v) is 3.25. The summed E-state index contributed by atoms with van der Waals surface area (Å²) >= 11 is 6.14. The molecule has 6 nitrogen and oxygen atoms in total. The number of carboxylic acids is 1. The van der Waals surface area contributed by atoms with Crippen LogP contribution < -0.4 is 0 Å². The quantitative estimate of drug-likeness (QED) is 0.679. The van der Waals surface area contributed by atoms with Crippen LogP contribution in [0.2, 0.25) is 0 Å².